The van der Waals surface area contributed by atoms with E-state index in [1.54, 1.807) is 36.4 Å². The molecule has 1 aliphatic heterocycles. The fourth-order valence-electron chi connectivity index (χ4n) is 2.85. The minimum atomic E-state index is -0.831. The van der Waals surface area contributed by atoms with E-state index in [0.29, 0.717) is 22.5 Å². The number of carbonyl (C=O) groups excluding carboxylic acids is 2. The monoisotopic (exact) mass is 367 g/mol. The predicted molar refractivity (Wildman–Crippen MR) is 98.0 cm³/mol. The molecule has 1 heterocycles. The fraction of sp³-hybridized carbons (Fsp3) is 0.250. The molecule has 2 aliphatic rings. The number of halogens is 1. The summed E-state index contributed by atoms with van der Waals surface area (Å²) in [6.07, 6.45) is 1.36. The quantitative estimate of drug-likeness (QED) is 0.853. The van der Waals surface area contributed by atoms with Crippen molar-refractivity contribution in [1.29, 1.82) is 0 Å². The van der Waals surface area contributed by atoms with Crippen molar-refractivity contribution < 1.29 is 18.8 Å². The number of benzene rings is 2. The van der Waals surface area contributed by atoms with E-state index in [2.05, 4.69) is 15.8 Å². The molecule has 1 fully saturated rings. The molecule has 0 saturated heterocycles. The highest BCUT2D eigenvalue weighted by Gasteiger charge is 2.30. The molecule has 0 unspecified atom stereocenters. The Kier molecular flexibility index (Phi) is 4.58. The Morgan fingerprint density at radius 3 is 2.70 bits per heavy atom. The van der Waals surface area contributed by atoms with Gasteiger partial charge < -0.3 is 15.5 Å². The van der Waals surface area contributed by atoms with Crippen LogP contribution in [0, 0.1) is 5.82 Å². The summed E-state index contributed by atoms with van der Waals surface area (Å²) in [5.41, 5.74) is 1.91. The number of nitrogens with one attached hydrogen (secondary N) is 2. The molecule has 1 saturated carbocycles. The van der Waals surface area contributed by atoms with Crippen molar-refractivity contribution in [3.8, 4) is 0 Å². The lowest BCUT2D eigenvalue weighted by Crippen LogP contribution is -2.30. The second kappa shape index (κ2) is 7.19. The number of hydrogen-bond acceptors (Lipinski definition) is 4. The molecule has 1 aliphatic carbocycles. The normalized spacial score (nSPS) is 18.4. The molecule has 7 heteroatoms. The summed E-state index contributed by atoms with van der Waals surface area (Å²) in [5, 5.41) is 9.55. The van der Waals surface area contributed by atoms with Crippen molar-refractivity contribution in [3.63, 3.8) is 0 Å². The predicted octanol–water partition coefficient (Wildman–Crippen LogP) is 2.85. The zero-order valence-corrected chi connectivity index (χ0v) is 14.4. The van der Waals surface area contributed by atoms with Gasteiger partial charge in [-0.2, -0.15) is 0 Å². The Morgan fingerprint density at radius 2 is 1.93 bits per heavy atom. The zero-order chi connectivity index (χ0) is 18.8. The average Bonchev–Trinajstić information content (AvgIpc) is 3.33. The third kappa shape index (κ3) is 3.97. The first-order chi connectivity index (χ1) is 13.1. The minimum Gasteiger partial charge on any atom is -0.382 e. The average molecular weight is 367 g/mol. The van der Waals surface area contributed by atoms with Crippen LogP contribution < -0.4 is 10.6 Å². The lowest BCUT2D eigenvalue weighted by Gasteiger charge is -2.13. The van der Waals surface area contributed by atoms with Gasteiger partial charge in [-0.1, -0.05) is 29.4 Å². The third-order valence-electron chi connectivity index (χ3n) is 4.46. The van der Waals surface area contributed by atoms with Crippen LogP contribution in [0.25, 0.3) is 0 Å². The highest BCUT2D eigenvalue weighted by Crippen LogP contribution is 2.23. The van der Waals surface area contributed by atoms with Gasteiger partial charge in [-0.3, -0.25) is 9.59 Å². The van der Waals surface area contributed by atoms with Crippen molar-refractivity contribution in [3.05, 3.63) is 65.5 Å². The van der Waals surface area contributed by atoms with Crippen molar-refractivity contribution in [2.24, 2.45) is 5.16 Å². The topological polar surface area (TPSA) is 79.8 Å². The Morgan fingerprint density at radius 1 is 1.11 bits per heavy atom. The first-order valence-electron chi connectivity index (χ1n) is 8.79. The zero-order valence-electron chi connectivity index (χ0n) is 14.4. The maximum Gasteiger partial charge on any atom is 0.268 e. The van der Waals surface area contributed by atoms with Gasteiger partial charge in [-0.15, -0.1) is 0 Å². The number of carbonyl (C=O) groups is 2. The van der Waals surface area contributed by atoms with Crippen molar-refractivity contribution in [2.75, 3.05) is 5.32 Å². The number of amides is 2. The highest BCUT2D eigenvalue weighted by molar-refractivity contribution is 6.08. The third-order valence-corrected chi connectivity index (χ3v) is 4.46. The van der Waals surface area contributed by atoms with Crippen LogP contribution in [0.5, 0.6) is 0 Å². The lowest BCUT2D eigenvalue weighted by atomic mass is 10.0. The summed E-state index contributed by atoms with van der Waals surface area (Å²) in [4.78, 5) is 30.1. The minimum absolute atomic E-state index is 0.211. The van der Waals surface area contributed by atoms with Gasteiger partial charge in [0.1, 0.15) is 5.82 Å². The van der Waals surface area contributed by atoms with Crippen molar-refractivity contribution in [2.45, 2.75) is 31.4 Å². The molecular formula is C20H18FN3O3. The lowest BCUT2D eigenvalue weighted by molar-refractivity contribution is -0.125. The summed E-state index contributed by atoms with van der Waals surface area (Å²) >= 11 is 0. The molecule has 2 N–H and O–H groups in total. The fourth-order valence-corrected chi connectivity index (χ4v) is 2.85. The number of anilines is 1. The number of oxime groups is 1. The molecule has 2 aromatic carbocycles. The van der Waals surface area contributed by atoms with Gasteiger partial charge in [-0.25, -0.2) is 4.39 Å². The summed E-state index contributed by atoms with van der Waals surface area (Å²) < 4.78 is 13.4. The second-order valence-electron chi connectivity index (χ2n) is 6.63. The molecule has 0 radical (unpaired) electrons. The number of nitrogens with zero attached hydrogens (tertiary/aromatic N) is 1. The second-order valence-corrected chi connectivity index (χ2v) is 6.63. The Bertz CT molecular complexity index is 924. The smallest absolute Gasteiger partial charge is 0.268 e. The van der Waals surface area contributed by atoms with E-state index in [0.717, 1.165) is 12.8 Å². The standard InChI is InChI=1S/C20H18FN3O3/c21-13-5-3-4-12(10-13)17-11-18(27-24-17)20(26)23-16-7-2-1-6-15(16)19(25)22-14-8-9-14/h1-7,10,14,18H,8-9,11H2,(H,22,25)(H,23,26)/t18-/m1/s1. The summed E-state index contributed by atoms with van der Waals surface area (Å²) in [7, 11) is 0. The molecule has 0 aromatic heterocycles. The molecule has 1 atom stereocenters. The maximum absolute atomic E-state index is 13.4. The number of hydrogen-bond donors (Lipinski definition) is 2. The molecule has 4 rings (SSSR count). The van der Waals surface area contributed by atoms with E-state index < -0.39 is 12.0 Å². The van der Waals surface area contributed by atoms with Gasteiger partial charge >= 0.3 is 0 Å². The van der Waals surface area contributed by atoms with Crippen LogP contribution in [0.3, 0.4) is 0 Å². The van der Waals surface area contributed by atoms with Crippen LogP contribution in [0.2, 0.25) is 0 Å². The van der Waals surface area contributed by atoms with Crippen LogP contribution in [-0.4, -0.2) is 29.7 Å². The summed E-state index contributed by atoms with van der Waals surface area (Å²) in [5.74, 6) is -0.993. The molecule has 2 aromatic rings. The van der Waals surface area contributed by atoms with Crippen molar-refractivity contribution in [1.82, 2.24) is 5.32 Å². The van der Waals surface area contributed by atoms with Gasteiger partial charge in [0.15, 0.2) is 0 Å². The van der Waals surface area contributed by atoms with E-state index in [9.17, 15) is 14.0 Å². The first-order valence-corrected chi connectivity index (χ1v) is 8.79. The molecular weight excluding hydrogens is 349 g/mol. The van der Waals surface area contributed by atoms with E-state index in [1.165, 1.54) is 12.1 Å². The van der Waals surface area contributed by atoms with Crippen LogP contribution >= 0.6 is 0 Å². The van der Waals surface area contributed by atoms with Crippen LogP contribution in [0.15, 0.2) is 53.7 Å². The van der Waals surface area contributed by atoms with Gasteiger partial charge in [0.05, 0.1) is 17.0 Å². The van der Waals surface area contributed by atoms with Gasteiger partial charge in [-0.05, 0) is 37.1 Å². The maximum atomic E-state index is 13.4. The van der Waals surface area contributed by atoms with Gasteiger partial charge in [0.2, 0.25) is 6.10 Å². The Labute approximate surface area is 155 Å². The van der Waals surface area contributed by atoms with Gasteiger partial charge in [0.25, 0.3) is 11.8 Å². The molecule has 6 nitrogen and oxygen atoms in total. The Balaban J connectivity index is 1.42. The van der Waals surface area contributed by atoms with Crippen LogP contribution in [0.4, 0.5) is 10.1 Å². The highest BCUT2D eigenvalue weighted by atomic mass is 19.1. The van der Waals surface area contributed by atoms with E-state index in [-0.39, 0.29) is 24.2 Å². The van der Waals surface area contributed by atoms with E-state index >= 15 is 0 Å². The molecule has 0 bridgehead atoms. The number of rotatable bonds is 5. The largest absolute Gasteiger partial charge is 0.382 e. The molecule has 138 valence electrons. The summed E-state index contributed by atoms with van der Waals surface area (Å²) in [6.45, 7) is 0. The molecule has 2 amide bonds. The van der Waals surface area contributed by atoms with E-state index in [4.69, 9.17) is 4.84 Å². The molecule has 27 heavy (non-hydrogen) atoms. The van der Waals surface area contributed by atoms with E-state index in [1.807, 2.05) is 0 Å². The Hall–Kier alpha value is -3.22. The van der Waals surface area contributed by atoms with Crippen molar-refractivity contribution >= 4 is 23.2 Å². The number of para-hydroxylation sites is 1. The van der Waals surface area contributed by atoms with Gasteiger partial charge in [0, 0.05) is 18.0 Å². The summed E-state index contributed by atoms with van der Waals surface area (Å²) in [6, 6.07) is 13.0. The first kappa shape index (κ1) is 17.2. The van der Waals surface area contributed by atoms with Crippen LogP contribution in [-0.2, 0) is 9.63 Å². The SMILES string of the molecule is O=C(NC1CC1)c1ccccc1NC(=O)[C@H]1CC(c2cccc(F)c2)=NO1. The van der Waals surface area contributed by atoms with Crippen LogP contribution in [0.1, 0.15) is 35.2 Å². The molecule has 0 spiro atoms.